The molecule has 1 heterocycles. The lowest BCUT2D eigenvalue weighted by Crippen LogP contribution is -2.41. The average molecular weight is 365 g/mol. The highest BCUT2D eigenvalue weighted by atomic mass is 35.5. The normalized spacial score (nSPS) is 18.3. The second-order valence-corrected chi connectivity index (χ2v) is 6.20. The Morgan fingerprint density at radius 3 is 2.88 bits per heavy atom. The zero-order valence-corrected chi connectivity index (χ0v) is 14.5. The Bertz CT molecular complexity index is 570. The number of halogens is 3. The SMILES string of the molecule is CC1(C)CC(NC(=O)CCOCC(F)F)c2cc(N)ccc2O1.Cl. The molecule has 136 valence electrons. The van der Waals surface area contributed by atoms with Crippen LogP contribution in [0.2, 0.25) is 0 Å². The fourth-order valence-electron chi connectivity index (χ4n) is 2.61. The van der Waals surface area contributed by atoms with E-state index in [-0.39, 0.29) is 37.4 Å². The lowest BCUT2D eigenvalue weighted by atomic mass is 9.89. The van der Waals surface area contributed by atoms with Gasteiger partial charge in [0.2, 0.25) is 5.91 Å². The Morgan fingerprint density at radius 1 is 1.50 bits per heavy atom. The highest BCUT2D eigenvalue weighted by Crippen LogP contribution is 2.40. The quantitative estimate of drug-likeness (QED) is 0.601. The number of anilines is 1. The number of rotatable bonds is 6. The summed E-state index contributed by atoms with van der Waals surface area (Å²) in [7, 11) is 0. The van der Waals surface area contributed by atoms with Gasteiger partial charge in [0, 0.05) is 24.1 Å². The van der Waals surface area contributed by atoms with Gasteiger partial charge in [-0.15, -0.1) is 12.4 Å². The van der Waals surface area contributed by atoms with Crippen molar-refractivity contribution in [1.29, 1.82) is 0 Å². The number of carbonyl (C=O) groups is 1. The first-order valence-corrected chi connectivity index (χ1v) is 7.50. The van der Waals surface area contributed by atoms with Gasteiger partial charge in [-0.3, -0.25) is 4.79 Å². The predicted octanol–water partition coefficient (Wildman–Crippen LogP) is 3.08. The number of ether oxygens (including phenoxy) is 2. The molecule has 0 spiro atoms. The van der Waals surface area contributed by atoms with Crippen LogP contribution in [0.1, 0.15) is 38.3 Å². The van der Waals surface area contributed by atoms with Crippen LogP contribution in [0.4, 0.5) is 14.5 Å². The molecule has 1 amide bonds. The molecule has 0 bridgehead atoms. The third kappa shape index (κ3) is 5.79. The fourth-order valence-corrected chi connectivity index (χ4v) is 2.61. The summed E-state index contributed by atoms with van der Waals surface area (Å²) < 4.78 is 34.6. The third-order valence-electron chi connectivity index (χ3n) is 3.54. The van der Waals surface area contributed by atoms with Crippen LogP contribution < -0.4 is 15.8 Å². The molecule has 0 saturated carbocycles. The molecule has 24 heavy (non-hydrogen) atoms. The van der Waals surface area contributed by atoms with Crippen molar-refractivity contribution in [2.24, 2.45) is 0 Å². The van der Waals surface area contributed by atoms with E-state index >= 15 is 0 Å². The van der Waals surface area contributed by atoms with Crippen LogP contribution in [0.15, 0.2) is 18.2 Å². The number of nitrogens with two attached hydrogens (primary N) is 1. The molecule has 3 N–H and O–H groups in total. The Morgan fingerprint density at radius 2 is 2.21 bits per heavy atom. The second-order valence-electron chi connectivity index (χ2n) is 6.20. The van der Waals surface area contributed by atoms with E-state index in [1.807, 2.05) is 13.8 Å². The first-order valence-electron chi connectivity index (χ1n) is 7.50. The molecule has 0 saturated heterocycles. The molecule has 1 unspecified atom stereocenters. The zero-order valence-electron chi connectivity index (χ0n) is 13.7. The van der Waals surface area contributed by atoms with Crippen molar-refractivity contribution in [3.63, 3.8) is 0 Å². The van der Waals surface area contributed by atoms with Crippen molar-refractivity contribution in [3.05, 3.63) is 23.8 Å². The number of hydrogen-bond acceptors (Lipinski definition) is 4. The minimum absolute atomic E-state index is 0. The summed E-state index contributed by atoms with van der Waals surface area (Å²) >= 11 is 0. The topological polar surface area (TPSA) is 73.6 Å². The van der Waals surface area contributed by atoms with Crippen molar-refractivity contribution in [2.75, 3.05) is 18.9 Å². The minimum atomic E-state index is -2.52. The number of fused-ring (bicyclic) bond motifs is 1. The highest BCUT2D eigenvalue weighted by Gasteiger charge is 2.34. The molecule has 5 nitrogen and oxygen atoms in total. The number of hydrogen-bond donors (Lipinski definition) is 2. The van der Waals surface area contributed by atoms with Crippen molar-refractivity contribution >= 4 is 24.0 Å². The van der Waals surface area contributed by atoms with Gasteiger partial charge in [-0.2, -0.15) is 0 Å². The molecular formula is C16H23ClF2N2O3. The third-order valence-corrected chi connectivity index (χ3v) is 3.54. The van der Waals surface area contributed by atoms with Crippen molar-refractivity contribution in [3.8, 4) is 5.75 Å². The van der Waals surface area contributed by atoms with E-state index < -0.39 is 18.6 Å². The maximum Gasteiger partial charge on any atom is 0.261 e. The Balaban J connectivity index is 0.00000288. The van der Waals surface area contributed by atoms with Crippen LogP contribution in [-0.4, -0.2) is 31.1 Å². The van der Waals surface area contributed by atoms with Gasteiger partial charge in [0.25, 0.3) is 6.43 Å². The summed E-state index contributed by atoms with van der Waals surface area (Å²) in [4.78, 5) is 12.0. The number of nitrogens with one attached hydrogen (secondary N) is 1. The van der Waals surface area contributed by atoms with Gasteiger partial charge in [0.1, 0.15) is 18.0 Å². The van der Waals surface area contributed by atoms with E-state index in [2.05, 4.69) is 5.32 Å². The lowest BCUT2D eigenvalue weighted by Gasteiger charge is -2.38. The molecule has 1 aromatic rings. The molecule has 1 atom stereocenters. The summed E-state index contributed by atoms with van der Waals surface area (Å²) in [5.41, 5.74) is 6.80. The summed E-state index contributed by atoms with van der Waals surface area (Å²) in [6, 6.07) is 5.08. The van der Waals surface area contributed by atoms with Crippen LogP contribution in [-0.2, 0) is 9.53 Å². The van der Waals surface area contributed by atoms with E-state index in [0.29, 0.717) is 17.9 Å². The molecule has 0 aromatic heterocycles. The standard InChI is InChI=1S/C16H22F2N2O3.ClH/c1-16(2)8-12(11-7-10(19)3-4-13(11)23-16)20-15(21)5-6-22-9-14(17)18;/h3-4,7,12,14H,5-6,8-9,19H2,1-2H3,(H,20,21);1H. The van der Waals surface area contributed by atoms with Gasteiger partial charge in [-0.1, -0.05) is 0 Å². The largest absolute Gasteiger partial charge is 0.487 e. The summed E-state index contributed by atoms with van der Waals surface area (Å²) in [5.74, 6) is 0.435. The van der Waals surface area contributed by atoms with Crippen LogP contribution in [0.5, 0.6) is 5.75 Å². The maximum absolute atomic E-state index is 12.0. The Labute approximate surface area is 146 Å². The zero-order chi connectivity index (χ0) is 17.0. The summed E-state index contributed by atoms with van der Waals surface area (Å²) in [5, 5.41) is 2.90. The molecule has 1 aromatic carbocycles. The summed E-state index contributed by atoms with van der Waals surface area (Å²) in [6.07, 6.45) is -1.90. The van der Waals surface area contributed by atoms with Gasteiger partial charge in [0.15, 0.2) is 0 Å². The number of nitrogen functional groups attached to an aromatic ring is 1. The number of carbonyl (C=O) groups excluding carboxylic acids is 1. The first-order chi connectivity index (χ1) is 10.8. The summed E-state index contributed by atoms with van der Waals surface area (Å²) in [6.45, 7) is 3.19. The van der Waals surface area contributed by atoms with Gasteiger partial charge in [0.05, 0.1) is 12.6 Å². The van der Waals surface area contributed by atoms with Crippen LogP contribution in [0.25, 0.3) is 0 Å². The minimum Gasteiger partial charge on any atom is -0.487 e. The van der Waals surface area contributed by atoms with E-state index in [1.165, 1.54) is 0 Å². The molecule has 0 fully saturated rings. The van der Waals surface area contributed by atoms with Crippen LogP contribution in [0.3, 0.4) is 0 Å². The number of amides is 1. The van der Waals surface area contributed by atoms with Crippen LogP contribution in [0, 0.1) is 0 Å². The average Bonchev–Trinajstić information content (AvgIpc) is 2.43. The second kappa shape index (κ2) is 8.48. The van der Waals surface area contributed by atoms with E-state index in [9.17, 15) is 13.6 Å². The molecule has 1 aliphatic rings. The molecule has 0 radical (unpaired) electrons. The van der Waals surface area contributed by atoms with Crippen molar-refractivity contribution < 1.29 is 23.0 Å². The smallest absolute Gasteiger partial charge is 0.261 e. The molecule has 0 aliphatic carbocycles. The van der Waals surface area contributed by atoms with E-state index in [4.69, 9.17) is 15.2 Å². The Kier molecular flexibility index (Phi) is 7.23. The van der Waals surface area contributed by atoms with Gasteiger partial charge >= 0.3 is 0 Å². The number of benzene rings is 1. The van der Waals surface area contributed by atoms with E-state index in [0.717, 1.165) is 5.56 Å². The van der Waals surface area contributed by atoms with Crippen molar-refractivity contribution in [2.45, 2.75) is 44.8 Å². The predicted molar refractivity (Wildman–Crippen MR) is 89.8 cm³/mol. The first kappa shape index (κ1) is 20.4. The molecule has 1 aliphatic heterocycles. The molecule has 8 heteroatoms. The van der Waals surface area contributed by atoms with Gasteiger partial charge in [-0.25, -0.2) is 8.78 Å². The maximum atomic E-state index is 12.0. The highest BCUT2D eigenvalue weighted by molar-refractivity contribution is 5.85. The molecule has 2 rings (SSSR count). The monoisotopic (exact) mass is 364 g/mol. The fraction of sp³-hybridized carbons (Fsp3) is 0.562. The van der Waals surface area contributed by atoms with E-state index in [1.54, 1.807) is 18.2 Å². The number of alkyl halides is 2. The van der Waals surface area contributed by atoms with Crippen molar-refractivity contribution in [1.82, 2.24) is 5.32 Å². The van der Waals surface area contributed by atoms with Crippen LogP contribution >= 0.6 is 12.4 Å². The lowest BCUT2D eigenvalue weighted by molar-refractivity contribution is -0.123. The van der Waals surface area contributed by atoms with Gasteiger partial charge in [-0.05, 0) is 32.0 Å². The molecular weight excluding hydrogens is 342 g/mol. The Hall–Kier alpha value is -1.60. The van der Waals surface area contributed by atoms with Gasteiger partial charge < -0.3 is 20.5 Å².